The molecule has 3 N–H and O–H groups in total. The Morgan fingerprint density at radius 3 is 2.50 bits per heavy atom. The van der Waals surface area contributed by atoms with Gasteiger partial charge in [-0.1, -0.05) is 24.8 Å². The van der Waals surface area contributed by atoms with Crippen LogP contribution in [-0.2, 0) is 21.4 Å². The number of anilines is 5. The van der Waals surface area contributed by atoms with Gasteiger partial charge >= 0.3 is 0 Å². The molecule has 0 saturated carbocycles. The number of ether oxygens (including phenoxy) is 1. The number of benzene rings is 3. The summed E-state index contributed by atoms with van der Waals surface area (Å²) in [5.41, 5.74) is 0.449. The van der Waals surface area contributed by atoms with E-state index in [1.807, 2.05) is 65.4 Å². The van der Waals surface area contributed by atoms with Gasteiger partial charge in [0.05, 0.1) is 46.5 Å². The van der Waals surface area contributed by atoms with Crippen molar-refractivity contribution in [3.05, 3.63) is 96.3 Å². The number of hydrogen-bond donors (Lipinski definition) is 3. The van der Waals surface area contributed by atoms with E-state index < -0.39 is 102 Å². The van der Waals surface area contributed by atoms with Gasteiger partial charge in [-0.05, 0) is 68.6 Å². The fourth-order valence-corrected chi connectivity index (χ4v) is 8.96. The predicted molar refractivity (Wildman–Crippen MR) is 253 cm³/mol. The van der Waals surface area contributed by atoms with Gasteiger partial charge in [-0.25, -0.2) is 18.7 Å². The molecule has 19 heteroatoms. The summed E-state index contributed by atoms with van der Waals surface area (Å²) >= 11 is 0. The van der Waals surface area contributed by atoms with E-state index in [1.165, 1.54) is 7.11 Å². The average Bonchev–Trinajstić information content (AvgIpc) is 3.89. The van der Waals surface area contributed by atoms with E-state index in [0.717, 1.165) is 22.5 Å². The number of likely N-dealkylation sites (N-methyl/N-ethyl adjacent to an activating group) is 1. The van der Waals surface area contributed by atoms with E-state index >= 15 is 8.78 Å². The molecule has 3 saturated heterocycles. The van der Waals surface area contributed by atoms with Crippen LogP contribution in [0.25, 0.3) is 22.2 Å². The summed E-state index contributed by atoms with van der Waals surface area (Å²) in [6.07, 6.45) is 4.85. The van der Waals surface area contributed by atoms with Crippen molar-refractivity contribution >= 4 is 69.1 Å². The first-order valence-electron chi connectivity index (χ1n) is 25.9. The largest absolute Gasteiger partial charge is 0.494 e. The van der Waals surface area contributed by atoms with E-state index in [4.69, 9.17) is 20.7 Å². The number of methoxy groups -OCH3 is 1. The number of para-hydroxylation sites is 1. The molecule has 4 aliphatic heterocycles. The average molecular weight is 938 g/mol. The van der Waals surface area contributed by atoms with Crippen LogP contribution in [0.2, 0.25) is 0 Å². The number of piperidine rings is 2. The molecule has 6 heterocycles. The Labute approximate surface area is 402 Å². The second kappa shape index (κ2) is 19.2. The van der Waals surface area contributed by atoms with Crippen LogP contribution in [0.1, 0.15) is 57.4 Å². The third-order valence-electron chi connectivity index (χ3n) is 12.6. The number of imide groups is 2. The highest BCUT2D eigenvalue weighted by molar-refractivity contribution is 6.24. The summed E-state index contributed by atoms with van der Waals surface area (Å²) in [6.45, 7) is -9.62. The third kappa shape index (κ3) is 8.98. The standard InChI is InChI=1S/C49H53F2N11O6/c1-5-41(63)53-35-25-36(55-49-52-15-12-34(54-49)32-28-58(3)37-9-7-6-8-30(32)37)40(68-4)26-39(35)57(2)18-19-59-16-13-29(14-17-59)27-60-20-22-61(23-21-60)45-33(50)24-31-43(44(45)51)48(67)62(47(31)66)38-10-11-42(64)56-46(38)65/h5-9,12,15,24-26,28-29,38H,1,10-11,13-14,16-23,27H2,2-4H3,(H,53,63)(H,52,54,55)(H,56,64,65)/i20D2,21D2,22D2,23D2. The number of nitrogens with one attached hydrogen (secondary N) is 3. The predicted octanol–water partition coefficient (Wildman–Crippen LogP) is 5.16. The van der Waals surface area contributed by atoms with Crippen molar-refractivity contribution in [2.75, 3.05) is 93.3 Å². The van der Waals surface area contributed by atoms with E-state index in [-0.39, 0.29) is 23.7 Å². The molecule has 4 aliphatic rings. The first-order chi connectivity index (χ1) is 35.8. The maximum Gasteiger partial charge on any atom is 0.265 e. The number of carbonyl (C=O) groups is 5. The van der Waals surface area contributed by atoms with Crippen LogP contribution >= 0.6 is 0 Å². The minimum absolute atomic E-state index is 0.281. The number of carbonyl (C=O) groups excluding carboxylic acids is 5. The molecule has 0 spiro atoms. The third-order valence-corrected chi connectivity index (χ3v) is 12.6. The van der Waals surface area contributed by atoms with Crippen molar-refractivity contribution in [3.8, 4) is 17.0 Å². The number of fused-ring (bicyclic) bond motifs is 2. The van der Waals surface area contributed by atoms with Gasteiger partial charge in [0, 0.05) is 107 Å². The van der Waals surface area contributed by atoms with Crippen molar-refractivity contribution in [1.82, 2.24) is 34.6 Å². The number of rotatable bonds is 14. The second-order valence-corrected chi connectivity index (χ2v) is 16.8. The second-order valence-electron chi connectivity index (χ2n) is 16.8. The van der Waals surface area contributed by atoms with Crippen molar-refractivity contribution in [1.29, 1.82) is 0 Å². The fourth-order valence-electron chi connectivity index (χ4n) is 8.96. The summed E-state index contributed by atoms with van der Waals surface area (Å²) in [5.74, 6) is -8.56. The highest BCUT2D eigenvalue weighted by Crippen LogP contribution is 2.40. The van der Waals surface area contributed by atoms with Crippen LogP contribution in [0.5, 0.6) is 5.75 Å². The number of halogens is 2. The molecular formula is C49H53F2N11O6. The summed E-state index contributed by atoms with van der Waals surface area (Å²) in [4.78, 5) is 77.7. The maximum absolute atomic E-state index is 16.7. The number of nitrogens with zero attached hydrogens (tertiary/aromatic N) is 8. The lowest BCUT2D eigenvalue weighted by Crippen LogP contribution is -2.54. The molecule has 354 valence electrons. The first-order valence-corrected chi connectivity index (χ1v) is 21.9. The van der Waals surface area contributed by atoms with Crippen LogP contribution in [0.3, 0.4) is 0 Å². The number of amides is 5. The van der Waals surface area contributed by atoms with E-state index in [2.05, 4.69) is 27.1 Å². The Hall–Kier alpha value is -7.25. The lowest BCUT2D eigenvalue weighted by molar-refractivity contribution is -0.136. The summed E-state index contributed by atoms with van der Waals surface area (Å²) in [7, 11) is 5.29. The number of aryl methyl sites for hydroxylation is 1. The molecule has 5 aromatic rings. The summed E-state index contributed by atoms with van der Waals surface area (Å²) < 4.78 is 113. The molecule has 68 heavy (non-hydrogen) atoms. The first kappa shape index (κ1) is 36.8. The lowest BCUT2D eigenvalue weighted by Gasteiger charge is -2.40. The quantitative estimate of drug-likeness (QED) is 0.0984. The molecule has 3 aromatic carbocycles. The van der Waals surface area contributed by atoms with Gasteiger partial charge in [0.15, 0.2) is 5.82 Å². The van der Waals surface area contributed by atoms with Crippen molar-refractivity contribution < 1.29 is 48.5 Å². The maximum atomic E-state index is 16.7. The number of aromatic nitrogens is 3. The number of likely N-dealkylation sites (tertiary alicyclic amines) is 1. The molecule has 0 radical (unpaired) electrons. The highest BCUT2D eigenvalue weighted by atomic mass is 19.1. The molecular weight excluding hydrogens is 877 g/mol. The Morgan fingerprint density at radius 2 is 1.76 bits per heavy atom. The smallest absolute Gasteiger partial charge is 0.265 e. The van der Waals surface area contributed by atoms with Gasteiger partial charge in [0.2, 0.25) is 23.7 Å². The molecule has 9 rings (SSSR count). The molecule has 3 fully saturated rings. The van der Waals surface area contributed by atoms with Gasteiger partial charge in [0.1, 0.15) is 23.3 Å². The lowest BCUT2D eigenvalue weighted by atomic mass is 9.96. The zero-order valence-electron chi connectivity index (χ0n) is 45.4. The molecule has 17 nitrogen and oxygen atoms in total. The Balaban J connectivity index is 0.880. The monoisotopic (exact) mass is 937 g/mol. The Bertz CT molecular complexity index is 3200. The molecule has 1 atom stereocenters. The van der Waals surface area contributed by atoms with Crippen LogP contribution < -0.4 is 30.5 Å². The van der Waals surface area contributed by atoms with E-state index in [0.29, 0.717) is 83.4 Å². The van der Waals surface area contributed by atoms with Gasteiger partial charge < -0.3 is 34.6 Å². The SMILES string of the molecule is [2H]C1([2H])N(CC2CCN(CCN(C)c3cc(OC)c(Nc4nccc(-c5cn(C)c6ccccc56)n4)cc3NC(=O)C=C)CC2)C([2H])([2H])C([2H])([2H])N(c2c(F)cc3c(c2F)C(=O)N(C2CCC(=O)NC2=O)C3=O)C1([2H])[2H]. The molecule has 1 unspecified atom stereocenters. The van der Waals surface area contributed by atoms with E-state index in [9.17, 15) is 24.0 Å². The normalized spacial score (nSPS) is 22.9. The van der Waals surface area contributed by atoms with Crippen molar-refractivity contribution in [3.63, 3.8) is 0 Å². The molecule has 2 aromatic heterocycles. The van der Waals surface area contributed by atoms with Gasteiger partial charge in [0.25, 0.3) is 11.8 Å². The van der Waals surface area contributed by atoms with Crippen LogP contribution in [0.4, 0.5) is 37.5 Å². The fraction of sp³-hybridized carbons (Fsp3) is 0.367. The Kier molecular flexibility index (Phi) is 10.4. The summed E-state index contributed by atoms with van der Waals surface area (Å²) in [5, 5.41) is 9.10. The topological polar surface area (TPSA) is 178 Å². The van der Waals surface area contributed by atoms with E-state index in [1.54, 1.807) is 18.3 Å². The highest BCUT2D eigenvalue weighted by Gasteiger charge is 2.47. The molecule has 5 amide bonds. The van der Waals surface area contributed by atoms with Crippen molar-refractivity contribution in [2.45, 2.75) is 31.7 Å². The minimum Gasteiger partial charge on any atom is -0.494 e. The Morgan fingerprint density at radius 1 is 1.00 bits per heavy atom. The van der Waals surface area contributed by atoms with Crippen LogP contribution in [0, 0.1) is 17.6 Å². The van der Waals surface area contributed by atoms with Crippen LogP contribution in [-0.4, -0.2) is 138 Å². The van der Waals surface area contributed by atoms with Gasteiger partial charge in [-0.3, -0.25) is 39.1 Å². The zero-order chi connectivity index (χ0) is 55.0. The number of piperazine rings is 1. The van der Waals surface area contributed by atoms with Crippen LogP contribution in [0.15, 0.2) is 73.6 Å². The minimum atomic E-state index is -3.74. The van der Waals surface area contributed by atoms with Gasteiger partial charge in [-0.2, -0.15) is 0 Å². The van der Waals surface area contributed by atoms with Gasteiger partial charge in [-0.15, -0.1) is 0 Å². The zero-order valence-corrected chi connectivity index (χ0v) is 37.4. The molecule has 0 bridgehead atoms. The molecule has 0 aliphatic carbocycles. The number of hydrogen-bond acceptors (Lipinski definition) is 13. The van der Waals surface area contributed by atoms with Crippen molar-refractivity contribution in [2.24, 2.45) is 13.0 Å². The summed E-state index contributed by atoms with van der Waals surface area (Å²) in [6, 6.07) is 12.0.